The van der Waals surface area contributed by atoms with Crippen molar-refractivity contribution in [1.82, 2.24) is 0 Å². The van der Waals surface area contributed by atoms with Gasteiger partial charge in [0.15, 0.2) is 0 Å². The van der Waals surface area contributed by atoms with Crippen LogP contribution in [0.1, 0.15) is 62.6 Å². The normalized spacial score (nSPS) is 14.4. The lowest BCUT2D eigenvalue weighted by Gasteiger charge is -2.24. The van der Waals surface area contributed by atoms with Crippen molar-refractivity contribution in [3.63, 3.8) is 0 Å². The van der Waals surface area contributed by atoms with Crippen molar-refractivity contribution >= 4 is 5.97 Å². The van der Waals surface area contributed by atoms with E-state index in [1.807, 2.05) is 42.5 Å². The van der Waals surface area contributed by atoms with Crippen LogP contribution in [-0.4, -0.2) is 18.2 Å². The third-order valence-corrected chi connectivity index (χ3v) is 6.66. The number of ether oxygens (including phenoxy) is 2. The average molecular weight is 477 g/mol. The number of hydrogen-bond acceptors (Lipinski definition) is 3. The number of methoxy groups -OCH3 is 1. The van der Waals surface area contributed by atoms with Crippen molar-refractivity contribution in [2.75, 3.05) is 7.11 Å². The second-order valence-electron chi connectivity index (χ2n) is 10.4. The number of rotatable bonds is 9. The molecule has 0 amide bonds. The molecule has 4 rings (SSSR count). The van der Waals surface area contributed by atoms with Crippen molar-refractivity contribution < 1.29 is 23.8 Å². The Labute approximate surface area is 206 Å². The first-order chi connectivity index (χ1) is 16.7. The Balaban J connectivity index is 1.55. The predicted octanol–water partition coefficient (Wildman–Crippen LogP) is 7.35. The van der Waals surface area contributed by atoms with Crippen LogP contribution < -0.4 is 9.47 Å². The third-order valence-electron chi connectivity index (χ3n) is 6.66. The molecule has 0 spiro atoms. The number of benzene rings is 3. The molecule has 0 saturated heterocycles. The number of carboxylic acids is 1. The van der Waals surface area contributed by atoms with Gasteiger partial charge in [-0.25, -0.2) is 4.39 Å². The molecule has 0 unspecified atom stereocenters. The fraction of sp³-hybridized carbons (Fsp3) is 0.367. The van der Waals surface area contributed by atoms with Crippen LogP contribution in [0.25, 0.3) is 11.1 Å². The molecule has 3 aromatic rings. The van der Waals surface area contributed by atoms with Gasteiger partial charge < -0.3 is 14.6 Å². The number of halogens is 1. The second kappa shape index (κ2) is 10.1. The molecule has 1 aliphatic carbocycles. The standard InChI is InChI=1S/C30H33FO4/c1-30(2,3)27-13-5-19(15-25(27)26-16-23(34-4)12-14-28(26)31)18-35-22-10-8-21(9-11-22)24(17-29(32)33)20-6-7-20/h5,8-16,20,24H,6-7,17-18H2,1-4H3,(H,32,33)/t24-/m1/s1. The van der Waals surface area contributed by atoms with E-state index in [9.17, 15) is 14.3 Å². The van der Waals surface area contributed by atoms with Crippen LogP contribution in [0.15, 0.2) is 60.7 Å². The number of hydrogen-bond donors (Lipinski definition) is 1. The summed E-state index contributed by atoms with van der Waals surface area (Å²) in [6, 6.07) is 18.6. The molecule has 5 heteroatoms. The first kappa shape index (κ1) is 24.8. The SMILES string of the molecule is COc1ccc(F)c(-c2cc(COc3ccc([C@H](CC(=O)O)C4CC4)cc3)ccc2C(C)(C)C)c1. The van der Waals surface area contributed by atoms with Crippen LogP contribution >= 0.6 is 0 Å². The van der Waals surface area contributed by atoms with Gasteiger partial charge in [0.2, 0.25) is 0 Å². The van der Waals surface area contributed by atoms with Crippen LogP contribution in [0.2, 0.25) is 0 Å². The predicted molar refractivity (Wildman–Crippen MR) is 136 cm³/mol. The Bertz CT molecular complexity index is 1190. The minimum atomic E-state index is -0.760. The molecule has 0 radical (unpaired) electrons. The van der Waals surface area contributed by atoms with E-state index in [-0.39, 0.29) is 23.6 Å². The quantitative estimate of drug-likeness (QED) is 0.351. The van der Waals surface area contributed by atoms with Gasteiger partial charge >= 0.3 is 5.97 Å². The van der Waals surface area contributed by atoms with E-state index in [4.69, 9.17) is 9.47 Å². The van der Waals surface area contributed by atoms with E-state index in [2.05, 4.69) is 20.8 Å². The zero-order chi connectivity index (χ0) is 25.2. The topological polar surface area (TPSA) is 55.8 Å². The van der Waals surface area contributed by atoms with Crippen molar-refractivity contribution in [2.45, 2.75) is 58.0 Å². The minimum absolute atomic E-state index is 0.0619. The highest BCUT2D eigenvalue weighted by atomic mass is 19.1. The van der Waals surface area contributed by atoms with Gasteiger partial charge in [-0.1, -0.05) is 45.0 Å². The molecule has 4 nitrogen and oxygen atoms in total. The lowest BCUT2D eigenvalue weighted by atomic mass is 9.81. The Morgan fingerprint density at radius 2 is 1.69 bits per heavy atom. The first-order valence-corrected chi connectivity index (χ1v) is 12.1. The van der Waals surface area contributed by atoms with Gasteiger partial charge in [-0.05, 0) is 88.7 Å². The highest BCUT2D eigenvalue weighted by Gasteiger charge is 2.33. The maximum absolute atomic E-state index is 14.9. The summed E-state index contributed by atoms with van der Waals surface area (Å²) >= 11 is 0. The fourth-order valence-electron chi connectivity index (χ4n) is 4.62. The van der Waals surface area contributed by atoms with Crippen LogP contribution in [0, 0.1) is 11.7 Å². The number of carboxylic acid groups (broad SMARTS) is 1. The molecule has 1 fully saturated rings. The van der Waals surface area contributed by atoms with E-state index < -0.39 is 5.97 Å². The summed E-state index contributed by atoms with van der Waals surface area (Å²) < 4.78 is 26.2. The van der Waals surface area contributed by atoms with Crippen molar-refractivity contribution in [1.29, 1.82) is 0 Å². The van der Waals surface area contributed by atoms with Gasteiger partial charge in [-0.2, -0.15) is 0 Å². The molecule has 1 atom stereocenters. The summed E-state index contributed by atoms with van der Waals surface area (Å²) in [5.74, 6) is 0.796. The van der Waals surface area contributed by atoms with Crippen LogP contribution in [0.3, 0.4) is 0 Å². The first-order valence-electron chi connectivity index (χ1n) is 12.1. The zero-order valence-electron chi connectivity index (χ0n) is 20.8. The molecule has 1 N–H and O–H groups in total. The molecule has 3 aromatic carbocycles. The molecule has 184 valence electrons. The van der Waals surface area contributed by atoms with Gasteiger partial charge in [0.25, 0.3) is 0 Å². The monoisotopic (exact) mass is 476 g/mol. The summed E-state index contributed by atoms with van der Waals surface area (Å²) in [6.07, 6.45) is 2.35. The van der Waals surface area contributed by atoms with Crippen LogP contribution in [0.5, 0.6) is 11.5 Å². The third kappa shape index (κ3) is 6.02. The van der Waals surface area contributed by atoms with Crippen molar-refractivity contribution in [3.05, 3.63) is 83.2 Å². The summed E-state index contributed by atoms with van der Waals surface area (Å²) in [7, 11) is 1.58. The maximum Gasteiger partial charge on any atom is 0.303 e. The molecule has 0 aromatic heterocycles. The molecule has 1 aliphatic rings. The molecule has 0 bridgehead atoms. The average Bonchev–Trinajstić information content (AvgIpc) is 3.66. The summed E-state index contributed by atoms with van der Waals surface area (Å²) in [5.41, 5.74) is 4.18. The molecular weight excluding hydrogens is 443 g/mol. The van der Waals surface area contributed by atoms with Crippen LogP contribution in [0.4, 0.5) is 4.39 Å². The van der Waals surface area contributed by atoms with Gasteiger partial charge in [0.1, 0.15) is 23.9 Å². The smallest absolute Gasteiger partial charge is 0.303 e. The van der Waals surface area contributed by atoms with Gasteiger partial charge in [0.05, 0.1) is 13.5 Å². The van der Waals surface area contributed by atoms with E-state index >= 15 is 0 Å². The molecule has 1 saturated carbocycles. The van der Waals surface area contributed by atoms with Crippen molar-refractivity contribution in [3.8, 4) is 22.6 Å². The Kier molecular flexibility index (Phi) is 7.15. The number of carbonyl (C=O) groups is 1. The Hall–Kier alpha value is -3.34. The fourth-order valence-corrected chi connectivity index (χ4v) is 4.62. The summed E-state index contributed by atoms with van der Waals surface area (Å²) in [4.78, 5) is 11.3. The van der Waals surface area contributed by atoms with Gasteiger partial charge in [-0.3, -0.25) is 4.79 Å². The molecule has 0 aliphatic heterocycles. The highest BCUT2D eigenvalue weighted by Crippen LogP contribution is 2.44. The van der Waals surface area contributed by atoms with Crippen molar-refractivity contribution in [2.24, 2.45) is 5.92 Å². The van der Waals surface area contributed by atoms with Gasteiger partial charge in [0, 0.05) is 5.56 Å². The second-order valence-corrected chi connectivity index (χ2v) is 10.4. The summed E-state index contributed by atoms with van der Waals surface area (Å²) in [6.45, 7) is 6.67. The Morgan fingerprint density at radius 3 is 2.29 bits per heavy atom. The van der Waals surface area contributed by atoms with Gasteiger partial charge in [-0.15, -0.1) is 0 Å². The molecular formula is C30H33FO4. The number of aliphatic carboxylic acids is 1. The Morgan fingerprint density at radius 1 is 1.00 bits per heavy atom. The van der Waals surface area contributed by atoms with E-state index in [0.29, 0.717) is 29.6 Å². The lowest BCUT2D eigenvalue weighted by Crippen LogP contribution is -2.13. The zero-order valence-corrected chi connectivity index (χ0v) is 20.8. The molecule has 0 heterocycles. The summed E-state index contributed by atoms with van der Waals surface area (Å²) in [5, 5.41) is 9.25. The maximum atomic E-state index is 14.9. The van der Waals surface area contributed by atoms with E-state index in [0.717, 1.165) is 35.1 Å². The molecule has 35 heavy (non-hydrogen) atoms. The van der Waals surface area contributed by atoms with E-state index in [1.54, 1.807) is 19.2 Å². The highest BCUT2D eigenvalue weighted by molar-refractivity contribution is 5.71. The largest absolute Gasteiger partial charge is 0.497 e. The minimum Gasteiger partial charge on any atom is -0.497 e. The van der Waals surface area contributed by atoms with E-state index in [1.165, 1.54) is 6.07 Å². The van der Waals surface area contributed by atoms with Crippen LogP contribution in [-0.2, 0) is 16.8 Å². The lowest BCUT2D eigenvalue weighted by molar-refractivity contribution is -0.137.